The number of carbonyl (C=O) groups is 1. The smallest absolute Gasteiger partial charge is 0.257 e. The van der Waals surface area contributed by atoms with E-state index in [9.17, 15) is 9.18 Å². The lowest BCUT2D eigenvalue weighted by atomic mass is 10.1. The second kappa shape index (κ2) is 6.22. The molecule has 0 aliphatic carbocycles. The number of morpholine rings is 1. The molecule has 0 unspecified atom stereocenters. The zero-order valence-corrected chi connectivity index (χ0v) is 13.1. The minimum atomic E-state index is -0.435. The summed E-state index contributed by atoms with van der Waals surface area (Å²) in [7, 11) is 1.91. The van der Waals surface area contributed by atoms with E-state index in [0.29, 0.717) is 26.2 Å². The zero-order valence-electron chi connectivity index (χ0n) is 13.1. The molecule has 1 saturated heterocycles. The van der Waals surface area contributed by atoms with Crippen LogP contribution in [0, 0.1) is 5.82 Å². The highest BCUT2D eigenvalue weighted by molar-refractivity contribution is 6.00. The third kappa shape index (κ3) is 2.80. The summed E-state index contributed by atoms with van der Waals surface area (Å²) in [6.07, 6.45) is -0.435. The molecule has 2 aliphatic rings. The Bertz CT molecular complexity index is 566. The molecule has 0 saturated carbocycles. The van der Waals surface area contributed by atoms with Crippen LogP contribution in [0.3, 0.4) is 0 Å². The summed E-state index contributed by atoms with van der Waals surface area (Å²) in [5.41, 5.74) is 1.51. The minimum Gasteiger partial charge on any atom is -0.371 e. The summed E-state index contributed by atoms with van der Waals surface area (Å²) in [4.78, 5) is 18.8. The highest BCUT2D eigenvalue weighted by atomic mass is 19.1. The van der Waals surface area contributed by atoms with Gasteiger partial charge in [-0.3, -0.25) is 9.69 Å². The second-order valence-corrected chi connectivity index (χ2v) is 5.80. The molecule has 2 heterocycles. The van der Waals surface area contributed by atoms with E-state index in [0.717, 1.165) is 24.5 Å². The summed E-state index contributed by atoms with van der Waals surface area (Å²) in [5.74, 6) is -0.315. The first kappa shape index (κ1) is 15.2. The summed E-state index contributed by atoms with van der Waals surface area (Å²) in [6, 6.07) is 4.56. The lowest BCUT2D eigenvalue weighted by Crippen LogP contribution is -2.53. The van der Waals surface area contributed by atoms with Gasteiger partial charge in [-0.2, -0.15) is 0 Å². The van der Waals surface area contributed by atoms with Gasteiger partial charge in [-0.1, -0.05) is 6.92 Å². The summed E-state index contributed by atoms with van der Waals surface area (Å²) in [5, 5.41) is 0. The molecular weight excluding hydrogens is 285 g/mol. The molecule has 3 rings (SSSR count). The van der Waals surface area contributed by atoms with Crippen molar-refractivity contribution in [2.24, 2.45) is 0 Å². The molecule has 0 bridgehead atoms. The van der Waals surface area contributed by atoms with Crippen LogP contribution < -0.4 is 9.80 Å². The highest BCUT2D eigenvalue weighted by Gasteiger charge is 2.33. The quantitative estimate of drug-likeness (QED) is 0.826. The third-order valence-electron chi connectivity index (χ3n) is 4.44. The molecule has 5 nitrogen and oxygen atoms in total. The predicted octanol–water partition coefficient (Wildman–Crippen LogP) is 1.33. The predicted molar refractivity (Wildman–Crippen MR) is 83.9 cm³/mol. The van der Waals surface area contributed by atoms with Crippen LogP contribution in [0.4, 0.5) is 15.8 Å². The Morgan fingerprint density at radius 3 is 2.91 bits per heavy atom. The van der Waals surface area contributed by atoms with Gasteiger partial charge in [-0.25, -0.2) is 4.39 Å². The highest BCUT2D eigenvalue weighted by Crippen LogP contribution is 2.33. The molecule has 1 fully saturated rings. The SMILES string of the molecule is CCN1CCO[C@H](C(=O)N2CCN(C)c3cc(F)ccc32)C1. The van der Waals surface area contributed by atoms with Gasteiger partial charge in [0.2, 0.25) is 0 Å². The number of carbonyl (C=O) groups excluding carboxylic acids is 1. The number of benzene rings is 1. The Morgan fingerprint density at radius 2 is 2.14 bits per heavy atom. The Labute approximate surface area is 130 Å². The molecule has 2 aliphatic heterocycles. The normalized spacial score (nSPS) is 22.6. The van der Waals surface area contributed by atoms with Crippen molar-refractivity contribution in [3.05, 3.63) is 24.0 Å². The molecule has 1 amide bonds. The average Bonchev–Trinajstić information content (AvgIpc) is 2.55. The number of hydrogen-bond donors (Lipinski definition) is 0. The fraction of sp³-hybridized carbons (Fsp3) is 0.562. The maximum absolute atomic E-state index is 13.5. The van der Waals surface area contributed by atoms with Crippen LogP contribution >= 0.6 is 0 Å². The topological polar surface area (TPSA) is 36.0 Å². The molecule has 1 atom stereocenters. The van der Waals surface area contributed by atoms with E-state index < -0.39 is 6.10 Å². The van der Waals surface area contributed by atoms with Crippen molar-refractivity contribution in [2.75, 3.05) is 56.2 Å². The first-order valence-electron chi connectivity index (χ1n) is 7.76. The number of likely N-dealkylation sites (N-methyl/N-ethyl adjacent to an activating group) is 2. The molecule has 22 heavy (non-hydrogen) atoms. The largest absolute Gasteiger partial charge is 0.371 e. The van der Waals surface area contributed by atoms with Crippen LogP contribution in [0.5, 0.6) is 0 Å². The van der Waals surface area contributed by atoms with E-state index in [1.165, 1.54) is 12.1 Å². The maximum atomic E-state index is 13.5. The minimum absolute atomic E-state index is 0.0286. The summed E-state index contributed by atoms with van der Waals surface area (Å²) >= 11 is 0. The van der Waals surface area contributed by atoms with E-state index in [2.05, 4.69) is 11.8 Å². The Kier molecular flexibility index (Phi) is 4.31. The van der Waals surface area contributed by atoms with Crippen molar-refractivity contribution in [3.63, 3.8) is 0 Å². The van der Waals surface area contributed by atoms with Gasteiger partial charge in [0.15, 0.2) is 0 Å². The first-order chi connectivity index (χ1) is 10.6. The van der Waals surface area contributed by atoms with E-state index in [1.54, 1.807) is 11.0 Å². The molecule has 6 heteroatoms. The van der Waals surface area contributed by atoms with Gasteiger partial charge in [-0.15, -0.1) is 0 Å². The van der Waals surface area contributed by atoms with Crippen LogP contribution in [-0.2, 0) is 9.53 Å². The number of fused-ring (bicyclic) bond motifs is 1. The summed E-state index contributed by atoms with van der Waals surface area (Å²) < 4.78 is 19.2. The molecule has 0 N–H and O–H groups in total. The molecule has 1 aromatic rings. The molecule has 1 aromatic carbocycles. The fourth-order valence-electron chi connectivity index (χ4n) is 3.06. The van der Waals surface area contributed by atoms with Crippen LogP contribution in [0.2, 0.25) is 0 Å². The van der Waals surface area contributed by atoms with E-state index in [1.807, 2.05) is 11.9 Å². The van der Waals surface area contributed by atoms with Gasteiger partial charge in [0.25, 0.3) is 5.91 Å². The van der Waals surface area contributed by atoms with Crippen LogP contribution in [0.25, 0.3) is 0 Å². The number of anilines is 2. The van der Waals surface area contributed by atoms with Crippen molar-refractivity contribution in [3.8, 4) is 0 Å². The van der Waals surface area contributed by atoms with E-state index in [4.69, 9.17) is 4.74 Å². The molecule has 0 aromatic heterocycles. The molecule has 120 valence electrons. The number of amides is 1. The third-order valence-corrected chi connectivity index (χ3v) is 4.44. The Hall–Kier alpha value is -1.66. The number of hydrogen-bond acceptors (Lipinski definition) is 4. The molecule has 0 radical (unpaired) electrons. The number of nitrogens with zero attached hydrogens (tertiary/aromatic N) is 3. The van der Waals surface area contributed by atoms with E-state index in [-0.39, 0.29) is 11.7 Å². The van der Waals surface area contributed by atoms with Crippen LogP contribution in [-0.4, -0.2) is 63.3 Å². The van der Waals surface area contributed by atoms with Gasteiger partial charge in [-0.05, 0) is 24.7 Å². The van der Waals surface area contributed by atoms with Crippen molar-refractivity contribution in [1.29, 1.82) is 0 Å². The van der Waals surface area contributed by atoms with Gasteiger partial charge in [0, 0.05) is 33.2 Å². The van der Waals surface area contributed by atoms with Crippen molar-refractivity contribution < 1.29 is 13.9 Å². The summed E-state index contributed by atoms with van der Waals surface area (Å²) in [6.45, 7) is 6.35. The molecular formula is C16H22FN3O2. The van der Waals surface area contributed by atoms with Crippen molar-refractivity contribution >= 4 is 17.3 Å². The average molecular weight is 307 g/mol. The monoisotopic (exact) mass is 307 g/mol. The van der Waals surface area contributed by atoms with E-state index >= 15 is 0 Å². The Morgan fingerprint density at radius 1 is 1.32 bits per heavy atom. The number of rotatable bonds is 2. The number of ether oxygens (including phenoxy) is 1. The van der Waals surface area contributed by atoms with Crippen molar-refractivity contribution in [2.45, 2.75) is 13.0 Å². The second-order valence-electron chi connectivity index (χ2n) is 5.80. The van der Waals surface area contributed by atoms with Crippen molar-refractivity contribution in [1.82, 2.24) is 4.90 Å². The van der Waals surface area contributed by atoms with Crippen LogP contribution in [0.15, 0.2) is 18.2 Å². The standard InChI is InChI=1S/C16H22FN3O2/c1-3-19-8-9-22-15(11-19)16(21)20-7-6-18(2)14-10-12(17)4-5-13(14)20/h4-5,10,15H,3,6-9,11H2,1-2H3/t15-/m0/s1. The first-order valence-corrected chi connectivity index (χ1v) is 7.76. The Balaban J connectivity index is 1.83. The van der Waals surface area contributed by atoms with Gasteiger partial charge < -0.3 is 14.5 Å². The number of halogens is 1. The lowest BCUT2D eigenvalue weighted by molar-refractivity contribution is -0.135. The fourth-order valence-corrected chi connectivity index (χ4v) is 3.06. The molecule has 0 spiro atoms. The van der Waals surface area contributed by atoms with Gasteiger partial charge >= 0.3 is 0 Å². The van der Waals surface area contributed by atoms with Gasteiger partial charge in [0.05, 0.1) is 18.0 Å². The van der Waals surface area contributed by atoms with Crippen LogP contribution in [0.1, 0.15) is 6.92 Å². The zero-order chi connectivity index (χ0) is 15.7. The maximum Gasteiger partial charge on any atom is 0.257 e. The van der Waals surface area contributed by atoms with Gasteiger partial charge in [0.1, 0.15) is 11.9 Å². The lowest BCUT2D eigenvalue weighted by Gasteiger charge is -2.39.